The van der Waals surface area contributed by atoms with Crippen LogP contribution in [0.15, 0.2) is 23.1 Å². The van der Waals surface area contributed by atoms with Gasteiger partial charge in [0.2, 0.25) is 10.0 Å². The van der Waals surface area contributed by atoms with Crippen molar-refractivity contribution in [2.24, 2.45) is 0 Å². The highest BCUT2D eigenvalue weighted by atomic mass is 32.2. The minimum absolute atomic E-state index is 0.0440. The lowest BCUT2D eigenvalue weighted by Crippen LogP contribution is -2.31. The van der Waals surface area contributed by atoms with Crippen molar-refractivity contribution in [3.05, 3.63) is 23.8 Å². The average Bonchev–Trinajstić information content (AvgIpc) is 2.36. The van der Waals surface area contributed by atoms with E-state index in [0.717, 1.165) is 0 Å². The number of amides is 1. The summed E-state index contributed by atoms with van der Waals surface area (Å²) in [6.07, 6.45) is 0. The summed E-state index contributed by atoms with van der Waals surface area (Å²) < 4.78 is 32.0. The van der Waals surface area contributed by atoms with Gasteiger partial charge < -0.3 is 10.1 Å². The fourth-order valence-electron chi connectivity index (χ4n) is 1.66. The molecule has 0 bridgehead atoms. The van der Waals surface area contributed by atoms with Gasteiger partial charge >= 0.3 is 0 Å². The molecule has 1 aromatic rings. The van der Waals surface area contributed by atoms with E-state index < -0.39 is 10.0 Å². The number of benzene rings is 1. The summed E-state index contributed by atoms with van der Waals surface area (Å²) in [6.45, 7) is 5.70. The topological polar surface area (TPSA) is 84.5 Å². The van der Waals surface area contributed by atoms with E-state index in [2.05, 4.69) is 10.0 Å². The lowest BCUT2D eigenvalue weighted by molar-refractivity contribution is 0.0955. The second kappa shape index (κ2) is 6.71. The van der Waals surface area contributed by atoms with E-state index in [1.54, 1.807) is 20.8 Å². The maximum atomic E-state index is 12.2. The van der Waals surface area contributed by atoms with Crippen LogP contribution in [-0.2, 0) is 10.0 Å². The van der Waals surface area contributed by atoms with Crippen LogP contribution in [0, 0.1) is 0 Å². The molecule has 0 unspecified atom stereocenters. The molecule has 1 amide bonds. The Morgan fingerprint density at radius 3 is 2.50 bits per heavy atom. The molecule has 0 aromatic heterocycles. The third-order valence-electron chi connectivity index (χ3n) is 2.44. The van der Waals surface area contributed by atoms with Crippen LogP contribution in [0.1, 0.15) is 31.1 Å². The van der Waals surface area contributed by atoms with E-state index in [1.807, 2.05) is 0 Å². The van der Waals surface area contributed by atoms with Crippen molar-refractivity contribution in [3.8, 4) is 5.75 Å². The molecule has 0 atom stereocenters. The van der Waals surface area contributed by atoms with Crippen LogP contribution in [-0.4, -0.2) is 34.0 Å². The van der Waals surface area contributed by atoms with Crippen molar-refractivity contribution in [2.45, 2.75) is 31.7 Å². The molecule has 20 heavy (non-hydrogen) atoms. The molecule has 0 aliphatic heterocycles. The highest BCUT2D eigenvalue weighted by molar-refractivity contribution is 7.89. The molecule has 6 nitrogen and oxygen atoms in total. The number of nitrogens with one attached hydrogen (secondary N) is 2. The molecule has 0 aliphatic rings. The molecule has 0 fully saturated rings. The third-order valence-corrected chi connectivity index (χ3v) is 4.12. The van der Waals surface area contributed by atoms with Gasteiger partial charge in [-0.1, -0.05) is 0 Å². The summed E-state index contributed by atoms with van der Waals surface area (Å²) >= 11 is 0. The standard InChI is InChI=1S/C13H20N2O4S/c1-5-14-13(16)10-6-7-11(19-4)12(8-10)20(17,18)15-9(2)3/h6-9,15H,5H2,1-4H3,(H,14,16). The van der Waals surface area contributed by atoms with Crippen LogP contribution in [0.2, 0.25) is 0 Å². The summed E-state index contributed by atoms with van der Waals surface area (Å²) in [5.41, 5.74) is 0.275. The van der Waals surface area contributed by atoms with Crippen molar-refractivity contribution >= 4 is 15.9 Å². The van der Waals surface area contributed by atoms with Crippen molar-refractivity contribution < 1.29 is 17.9 Å². The first-order valence-corrected chi connectivity index (χ1v) is 7.78. The Morgan fingerprint density at radius 2 is 2.00 bits per heavy atom. The lowest BCUT2D eigenvalue weighted by atomic mass is 10.2. The van der Waals surface area contributed by atoms with E-state index in [0.29, 0.717) is 6.54 Å². The van der Waals surface area contributed by atoms with Crippen LogP contribution < -0.4 is 14.8 Å². The first-order chi connectivity index (χ1) is 9.31. The number of hydrogen-bond donors (Lipinski definition) is 2. The third kappa shape index (κ3) is 3.94. The molecule has 1 aromatic carbocycles. The van der Waals surface area contributed by atoms with E-state index in [9.17, 15) is 13.2 Å². The predicted octanol–water partition coefficient (Wildman–Crippen LogP) is 1.13. The molecule has 0 saturated heterocycles. The Kier molecular flexibility index (Phi) is 5.52. The van der Waals surface area contributed by atoms with Gasteiger partial charge in [0.1, 0.15) is 10.6 Å². The molecule has 2 N–H and O–H groups in total. The zero-order valence-corrected chi connectivity index (χ0v) is 12.9. The SMILES string of the molecule is CCNC(=O)c1ccc(OC)c(S(=O)(=O)NC(C)C)c1. The van der Waals surface area contributed by atoms with Gasteiger partial charge in [-0.25, -0.2) is 13.1 Å². The summed E-state index contributed by atoms with van der Waals surface area (Å²) in [5.74, 6) is -0.123. The highest BCUT2D eigenvalue weighted by Gasteiger charge is 2.22. The molecule has 0 heterocycles. The first kappa shape index (κ1) is 16.5. The normalized spacial score (nSPS) is 11.4. The lowest BCUT2D eigenvalue weighted by Gasteiger charge is -2.14. The van der Waals surface area contributed by atoms with E-state index in [1.165, 1.54) is 25.3 Å². The Bertz CT molecular complexity index is 582. The first-order valence-electron chi connectivity index (χ1n) is 6.30. The highest BCUT2D eigenvalue weighted by Crippen LogP contribution is 2.25. The van der Waals surface area contributed by atoms with Crippen LogP contribution in [0.25, 0.3) is 0 Å². The number of methoxy groups -OCH3 is 1. The van der Waals surface area contributed by atoms with Crippen molar-refractivity contribution in [1.29, 1.82) is 0 Å². The second-order valence-electron chi connectivity index (χ2n) is 4.50. The maximum absolute atomic E-state index is 12.2. The number of ether oxygens (including phenoxy) is 1. The Balaban J connectivity index is 3.29. The minimum atomic E-state index is -3.73. The smallest absolute Gasteiger partial charge is 0.251 e. The molecule has 112 valence electrons. The summed E-state index contributed by atoms with van der Waals surface area (Å²) in [5, 5.41) is 2.62. The van der Waals surface area contributed by atoms with Gasteiger partial charge in [0.15, 0.2) is 0 Å². The summed E-state index contributed by atoms with van der Waals surface area (Å²) in [7, 11) is -2.34. The number of rotatable bonds is 6. The zero-order chi connectivity index (χ0) is 15.3. The van der Waals surface area contributed by atoms with Crippen LogP contribution in [0.5, 0.6) is 5.75 Å². The van der Waals surface area contributed by atoms with Gasteiger partial charge in [-0.2, -0.15) is 0 Å². The second-order valence-corrected chi connectivity index (χ2v) is 6.18. The molecular weight excluding hydrogens is 280 g/mol. The predicted molar refractivity (Wildman–Crippen MR) is 76.5 cm³/mol. The largest absolute Gasteiger partial charge is 0.495 e. The van der Waals surface area contributed by atoms with E-state index >= 15 is 0 Å². The van der Waals surface area contributed by atoms with E-state index in [-0.39, 0.29) is 28.2 Å². The molecule has 0 saturated carbocycles. The average molecular weight is 300 g/mol. The Morgan fingerprint density at radius 1 is 1.35 bits per heavy atom. The van der Waals surface area contributed by atoms with Crippen molar-refractivity contribution in [3.63, 3.8) is 0 Å². The Labute approximate surface area is 119 Å². The zero-order valence-electron chi connectivity index (χ0n) is 12.1. The number of carbonyl (C=O) groups is 1. The van der Waals surface area contributed by atoms with Gasteiger partial charge in [-0.3, -0.25) is 4.79 Å². The minimum Gasteiger partial charge on any atom is -0.495 e. The molecule has 1 rings (SSSR count). The van der Waals surface area contributed by atoms with Crippen molar-refractivity contribution in [1.82, 2.24) is 10.0 Å². The van der Waals surface area contributed by atoms with Gasteiger partial charge in [0, 0.05) is 18.2 Å². The summed E-state index contributed by atoms with van der Waals surface area (Å²) in [4.78, 5) is 11.7. The fraction of sp³-hybridized carbons (Fsp3) is 0.462. The van der Waals surface area contributed by atoms with E-state index in [4.69, 9.17) is 4.74 Å². The van der Waals surface area contributed by atoms with Crippen LogP contribution >= 0.6 is 0 Å². The molecule has 0 aliphatic carbocycles. The van der Waals surface area contributed by atoms with Crippen LogP contribution in [0.4, 0.5) is 0 Å². The van der Waals surface area contributed by atoms with Crippen molar-refractivity contribution in [2.75, 3.05) is 13.7 Å². The molecule has 0 radical (unpaired) electrons. The molecular formula is C13H20N2O4S. The maximum Gasteiger partial charge on any atom is 0.251 e. The number of hydrogen-bond acceptors (Lipinski definition) is 4. The van der Waals surface area contributed by atoms with Crippen LogP contribution in [0.3, 0.4) is 0 Å². The summed E-state index contributed by atoms with van der Waals surface area (Å²) in [6, 6.07) is 4.06. The Hall–Kier alpha value is -1.60. The molecule has 7 heteroatoms. The molecule has 0 spiro atoms. The van der Waals surface area contributed by atoms with Gasteiger partial charge in [-0.15, -0.1) is 0 Å². The number of sulfonamides is 1. The van der Waals surface area contributed by atoms with Gasteiger partial charge in [0.25, 0.3) is 5.91 Å². The fourth-order valence-corrected chi connectivity index (χ4v) is 3.11. The monoisotopic (exact) mass is 300 g/mol. The quantitative estimate of drug-likeness (QED) is 0.825. The number of carbonyl (C=O) groups excluding carboxylic acids is 1. The van der Waals surface area contributed by atoms with Gasteiger partial charge in [0.05, 0.1) is 7.11 Å². The van der Waals surface area contributed by atoms with Gasteiger partial charge in [-0.05, 0) is 39.0 Å².